The van der Waals surface area contributed by atoms with Crippen LogP contribution in [0.3, 0.4) is 0 Å². The second-order valence-electron chi connectivity index (χ2n) is 6.15. The number of rotatable bonds is 2. The van der Waals surface area contributed by atoms with E-state index in [1.165, 1.54) is 0 Å². The zero-order chi connectivity index (χ0) is 17.9. The van der Waals surface area contributed by atoms with Crippen molar-refractivity contribution in [3.8, 4) is 11.5 Å². The first-order valence-electron chi connectivity index (χ1n) is 8.52. The Kier molecular flexibility index (Phi) is 5.13. The van der Waals surface area contributed by atoms with Crippen LogP contribution in [0.1, 0.15) is 17.2 Å². The third-order valence-electron chi connectivity index (χ3n) is 4.50. The highest BCUT2D eigenvalue weighted by Crippen LogP contribution is 2.38. The minimum atomic E-state index is -0.0933. The third-order valence-corrected chi connectivity index (χ3v) is 6.16. The molecule has 2 aromatic rings. The Hall–Kier alpha value is -2.05. The van der Waals surface area contributed by atoms with Gasteiger partial charge in [-0.1, -0.05) is 29.8 Å². The standard InChI is InChI=1S/C19H19ClN2O3S/c20-15-4-2-1-3-14(15)18-7-8-22(9-10-26-18)19(23)21-13-5-6-16-17(11-13)25-12-24-16/h1-6,11,18H,7-10,12H2,(H,21,23)/t18-/m0/s1. The van der Waals surface area contributed by atoms with Crippen LogP contribution in [0.15, 0.2) is 42.5 Å². The van der Waals surface area contributed by atoms with Crippen molar-refractivity contribution in [1.82, 2.24) is 4.90 Å². The molecule has 0 radical (unpaired) electrons. The lowest BCUT2D eigenvalue weighted by atomic mass is 10.1. The zero-order valence-electron chi connectivity index (χ0n) is 14.1. The number of fused-ring (bicyclic) bond motifs is 1. The summed E-state index contributed by atoms with van der Waals surface area (Å²) in [6.45, 7) is 1.63. The molecule has 1 fully saturated rings. The fourth-order valence-electron chi connectivity index (χ4n) is 3.13. The Morgan fingerprint density at radius 1 is 1.15 bits per heavy atom. The van der Waals surface area contributed by atoms with Gasteiger partial charge in [0.1, 0.15) is 0 Å². The van der Waals surface area contributed by atoms with Gasteiger partial charge >= 0.3 is 6.03 Å². The Bertz CT molecular complexity index is 817. The predicted octanol–water partition coefficient (Wildman–Crippen LogP) is 4.78. The van der Waals surface area contributed by atoms with Crippen molar-refractivity contribution in [2.24, 2.45) is 0 Å². The molecule has 4 rings (SSSR count). The average Bonchev–Trinajstić information content (AvgIpc) is 2.97. The van der Waals surface area contributed by atoms with Gasteiger partial charge in [0.2, 0.25) is 6.79 Å². The summed E-state index contributed by atoms with van der Waals surface area (Å²) in [5.74, 6) is 2.24. The lowest BCUT2D eigenvalue weighted by Crippen LogP contribution is -2.36. The molecule has 2 heterocycles. The molecule has 136 valence electrons. The molecule has 0 aliphatic carbocycles. The van der Waals surface area contributed by atoms with Crippen LogP contribution in [0.2, 0.25) is 5.02 Å². The number of amides is 2. The highest BCUT2D eigenvalue weighted by molar-refractivity contribution is 7.99. The maximum Gasteiger partial charge on any atom is 0.321 e. The SMILES string of the molecule is O=C(Nc1ccc2c(c1)OCO2)N1CCS[C@H](c2ccccc2Cl)CC1. The smallest absolute Gasteiger partial charge is 0.321 e. The number of hydrogen-bond acceptors (Lipinski definition) is 4. The molecule has 5 nitrogen and oxygen atoms in total. The van der Waals surface area contributed by atoms with E-state index in [0.29, 0.717) is 35.5 Å². The van der Waals surface area contributed by atoms with Crippen LogP contribution >= 0.6 is 23.4 Å². The summed E-state index contributed by atoms with van der Waals surface area (Å²) in [7, 11) is 0. The van der Waals surface area contributed by atoms with Crippen LogP contribution in [0.25, 0.3) is 0 Å². The van der Waals surface area contributed by atoms with Gasteiger partial charge in [-0.05, 0) is 30.2 Å². The van der Waals surface area contributed by atoms with Gasteiger partial charge in [0.05, 0.1) is 0 Å². The van der Waals surface area contributed by atoms with Gasteiger partial charge in [0, 0.05) is 40.9 Å². The molecule has 0 unspecified atom stereocenters. The molecule has 1 saturated heterocycles. The number of nitrogens with one attached hydrogen (secondary N) is 1. The minimum absolute atomic E-state index is 0.0933. The van der Waals surface area contributed by atoms with Gasteiger partial charge in [-0.25, -0.2) is 4.79 Å². The van der Waals surface area contributed by atoms with E-state index in [4.69, 9.17) is 21.1 Å². The van der Waals surface area contributed by atoms with Crippen molar-refractivity contribution >= 4 is 35.1 Å². The van der Waals surface area contributed by atoms with E-state index in [1.807, 2.05) is 47.0 Å². The quantitative estimate of drug-likeness (QED) is 0.801. The van der Waals surface area contributed by atoms with Gasteiger partial charge in [-0.2, -0.15) is 11.8 Å². The number of thioether (sulfide) groups is 1. The summed E-state index contributed by atoms with van der Waals surface area (Å²) in [5, 5.41) is 4.06. The molecule has 0 saturated carbocycles. The van der Waals surface area contributed by atoms with Crippen LogP contribution in [0, 0.1) is 0 Å². The molecule has 26 heavy (non-hydrogen) atoms. The van der Waals surface area contributed by atoms with Gasteiger partial charge in [0.25, 0.3) is 0 Å². The molecule has 0 bridgehead atoms. The third kappa shape index (κ3) is 3.71. The van der Waals surface area contributed by atoms with Crippen molar-refractivity contribution in [1.29, 1.82) is 0 Å². The molecular weight excluding hydrogens is 372 g/mol. The summed E-state index contributed by atoms with van der Waals surface area (Å²) >= 11 is 8.19. The predicted molar refractivity (Wildman–Crippen MR) is 104 cm³/mol. The van der Waals surface area contributed by atoms with E-state index < -0.39 is 0 Å². The number of urea groups is 1. The second kappa shape index (κ2) is 7.68. The molecule has 7 heteroatoms. The van der Waals surface area contributed by atoms with Crippen molar-refractivity contribution in [2.75, 3.05) is 31.0 Å². The van der Waals surface area contributed by atoms with Crippen molar-refractivity contribution in [3.63, 3.8) is 0 Å². The van der Waals surface area contributed by atoms with Crippen LogP contribution in [0.5, 0.6) is 11.5 Å². The van der Waals surface area contributed by atoms with Crippen molar-refractivity contribution in [3.05, 3.63) is 53.1 Å². The lowest BCUT2D eigenvalue weighted by Gasteiger charge is -2.21. The summed E-state index contributed by atoms with van der Waals surface area (Å²) in [6, 6.07) is 13.3. The molecule has 2 amide bonds. The normalized spacial score (nSPS) is 19.1. The fraction of sp³-hybridized carbons (Fsp3) is 0.316. The molecule has 0 spiro atoms. The first-order chi connectivity index (χ1) is 12.7. The Balaban J connectivity index is 1.39. The average molecular weight is 391 g/mol. The highest BCUT2D eigenvalue weighted by Gasteiger charge is 2.24. The van der Waals surface area contributed by atoms with Crippen molar-refractivity contribution < 1.29 is 14.3 Å². The number of halogens is 1. The van der Waals surface area contributed by atoms with E-state index in [2.05, 4.69) is 11.4 Å². The summed E-state index contributed by atoms with van der Waals surface area (Å²) in [5.41, 5.74) is 1.86. The van der Waals surface area contributed by atoms with Crippen LogP contribution in [-0.4, -0.2) is 36.6 Å². The Morgan fingerprint density at radius 3 is 2.88 bits per heavy atom. The molecule has 1 N–H and O–H groups in total. The first-order valence-corrected chi connectivity index (χ1v) is 9.95. The van der Waals surface area contributed by atoms with Crippen LogP contribution < -0.4 is 14.8 Å². The Morgan fingerprint density at radius 2 is 2.00 bits per heavy atom. The molecule has 1 atom stereocenters. The van der Waals surface area contributed by atoms with E-state index in [-0.39, 0.29) is 12.8 Å². The maximum atomic E-state index is 12.6. The highest BCUT2D eigenvalue weighted by atomic mass is 35.5. The van der Waals surface area contributed by atoms with E-state index in [0.717, 1.165) is 22.8 Å². The summed E-state index contributed by atoms with van der Waals surface area (Å²) in [4.78, 5) is 14.5. The molecule has 2 aromatic carbocycles. The monoisotopic (exact) mass is 390 g/mol. The van der Waals surface area contributed by atoms with E-state index in [1.54, 1.807) is 6.07 Å². The minimum Gasteiger partial charge on any atom is -0.454 e. The number of benzene rings is 2. The lowest BCUT2D eigenvalue weighted by molar-refractivity contribution is 0.174. The number of carbonyl (C=O) groups is 1. The number of carbonyl (C=O) groups excluding carboxylic acids is 1. The summed E-state index contributed by atoms with van der Waals surface area (Å²) < 4.78 is 10.7. The second-order valence-corrected chi connectivity index (χ2v) is 7.87. The topological polar surface area (TPSA) is 50.8 Å². The van der Waals surface area contributed by atoms with Crippen molar-refractivity contribution in [2.45, 2.75) is 11.7 Å². The number of hydrogen-bond donors (Lipinski definition) is 1. The fourth-order valence-corrected chi connectivity index (χ4v) is 4.73. The molecule has 0 aromatic heterocycles. The largest absolute Gasteiger partial charge is 0.454 e. The number of nitrogens with zero attached hydrogens (tertiary/aromatic N) is 1. The van der Waals surface area contributed by atoms with Gasteiger partial charge in [-0.15, -0.1) is 0 Å². The first kappa shape index (κ1) is 17.4. The summed E-state index contributed by atoms with van der Waals surface area (Å²) in [6.07, 6.45) is 0.878. The van der Waals surface area contributed by atoms with E-state index in [9.17, 15) is 4.79 Å². The Labute approximate surface area is 161 Å². The van der Waals surface area contributed by atoms with Gasteiger partial charge in [-0.3, -0.25) is 0 Å². The molecular formula is C19H19ClN2O3S. The maximum absolute atomic E-state index is 12.6. The number of ether oxygens (including phenoxy) is 2. The van der Waals surface area contributed by atoms with Crippen LogP contribution in [0.4, 0.5) is 10.5 Å². The van der Waals surface area contributed by atoms with Gasteiger partial charge in [0.15, 0.2) is 11.5 Å². The van der Waals surface area contributed by atoms with E-state index >= 15 is 0 Å². The zero-order valence-corrected chi connectivity index (χ0v) is 15.7. The molecule has 2 aliphatic heterocycles. The number of anilines is 1. The van der Waals surface area contributed by atoms with Gasteiger partial charge < -0.3 is 19.7 Å². The van der Waals surface area contributed by atoms with Crippen LogP contribution in [-0.2, 0) is 0 Å². The molecule has 2 aliphatic rings.